The SMILES string of the molecule is CN=C(NCC1(c2ccc(OC)cc2)CCOCC1)N(C)CCc1cccs1. The summed E-state index contributed by atoms with van der Waals surface area (Å²) in [6.07, 6.45) is 3.04. The first-order chi connectivity index (χ1) is 13.7. The molecule has 3 rings (SSSR count). The highest BCUT2D eigenvalue weighted by Crippen LogP contribution is 2.35. The minimum absolute atomic E-state index is 0.0506. The second-order valence-electron chi connectivity index (χ2n) is 7.27. The molecule has 1 aromatic heterocycles. The van der Waals surface area contributed by atoms with Crippen LogP contribution in [-0.2, 0) is 16.6 Å². The Hall–Kier alpha value is -2.05. The quantitative estimate of drug-likeness (QED) is 0.569. The second kappa shape index (κ2) is 9.94. The molecule has 1 aliphatic heterocycles. The van der Waals surface area contributed by atoms with Crippen molar-refractivity contribution < 1.29 is 9.47 Å². The Morgan fingerprint density at radius 3 is 2.61 bits per heavy atom. The molecule has 1 saturated heterocycles. The van der Waals surface area contributed by atoms with Crippen molar-refractivity contribution in [1.82, 2.24) is 10.2 Å². The topological polar surface area (TPSA) is 46.1 Å². The van der Waals surface area contributed by atoms with Crippen molar-refractivity contribution in [1.29, 1.82) is 0 Å². The third-order valence-corrected chi connectivity index (χ3v) is 6.52. The van der Waals surface area contributed by atoms with Crippen LogP contribution in [0.3, 0.4) is 0 Å². The smallest absolute Gasteiger partial charge is 0.193 e. The van der Waals surface area contributed by atoms with Crippen molar-refractivity contribution >= 4 is 17.3 Å². The van der Waals surface area contributed by atoms with Gasteiger partial charge in [-0.2, -0.15) is 0 Å². The van der Waals surface area contributed by atoms with E-state index in [1.807, 2.05) is 18.4 Å². The number of aliphatic imine (C=N–C) groups is 1. The molecule has 6 heteroatoms. The van der Waals surface area contributed by atoms with E-state index in [-0.39, 0.29) is 5.41 Å². The molecule has 28 heavy (non-hydrogen) atoms. The van der Waals surface area contributed by atoms with E-state index in [2.05, 4.69) is 64.0 Å². The number of methoxy groups -OCH3 is 1. The normalized spacial score (nSPS) is 16.6. The van der Waals surface area contributed by atoms with Crippen LogP contribution in [0.1, 0.15) is 23.3 Å². The molecular weight excluding hydrogens is 370 g/mol. The van der Waals surface area contributed by atoms with Gasteiger partial charge in [0.25, 0.3) is 0 Å². The van der Waals surface area contributed by atoms with Gasteiger partial charge in [0.05, 0.1) is 7.11 Å². The highest BCUT2D eigenvalue weighted by Gasteiger charge is 2.34. The number of ether oxygens (including phenoxy) is 2. The number of guanidine groups is 1. The Bertz CT molecular complexity index is 738. The molecule has 0 bridgehead atoms. The Labute approximate surface area is 172 Å². The van der Waals surface area contributed by atoms with Crippen LogP contribution in [0.4, 0.5) is 0 Å². The van der Waals surface area contributed by atoms with Crippen LogP contribution in [0.25, 0.3) is 0 Å². The van der Waals surface area contributed by atoms with Crippen molar-refractivity contribution in [3.05, 3.63) is 52.2 Å². The summed E-state index contributed by atoms with van der Waals surface area (Å²) in [6, 6.07) is 12.8. The molecule has 1 fully saturated rings. The van der Waals surface area contributed by atoms with E-state index in [1.54, 1.807) is 7.11 Å². The number of hydrogen-bond donors (Lipinski definition) is 1. The minimum atomic E-state index is 0.0506. The van der Waals surface area contributed by atoms with Crippen LogP contribution < -0.4 is 10.1 Å². The molecule has 5 nitrogen and oxygen atoms in total. The third-order valence-electron chi connectivity index (χ3n) is 5.58. The first-order valence-corrected chi connectivity index (χ1v) is 10.7. The van der Waals surface area contributed by atoms with Gasteiger partial charge in [-0.3, -0.25) is 4.99 Å². The van der Waals surface area contributed by atoms with Crippen molar-refractivity contribution in [2.75, 3.05) is 47.5 Å². The van der Waals surface area contributed by atoms with Crippen molar-refractivity contribution in [3.63, 3.8) is 0 Å². The highest BCUT2D eigenvalue weighted by atomic mass is 32.1. The molecule has 1 aliphatic rings. The van der Waals surface area contributed by atoms with Crippen LogP contribution in [0.2, 0.25) is 0 Å². The van der Waals surface area contributed by atoms with Gasteiger partial charge in [-0.1, -0.05) is 18.2 Å². The summed E-state index contributed by atoms with van der Waals surface area (Å²) < 4.78 is 11.0. The van der Waals surface area contributed by atoms with E-state index in [0.717, 1.165) is 57.3 Å². The molecule has 0 saturated carbocycles. The van der Waals surface area contributed by atoms with Gasteiger partial charge in [0.15, 0.2) is 5.96 Å². The summed E-state index contributed by atoms with van der Waals surface area (Å²) >= 11 is 1.81. The summed E-state index contributed by atoms with van der Waals surface area (Å²) in [5.41, 5.74) is 1.38. The first-order valence-electron chi connectivity index (χ1n) is 9.83. The van der Waals surface area contributed by atoms with E-state index in [1.165, 1.54) is 10.4 Å². The molecule has 1 aromatic carbocycles. The van der Waals surface area contributed by atoms with E-state index >= 15 is 0 Å². The summed E-state index contributed by atoms with van der Waals surface area (Å²) in [5.74, 6) is 1.83. The zero-order valence-corrected chi connectivity index (χ0v) is 17.9. The maximum absolute atomic E-state index is 5.66. The maximum atomic E-state index is 5.66. The average molecular weight is 402 g/mol. The Morgan fingerprint density at radius 1 is 1.25 bits per heavy atom. The highest BCUT2D eigenvalue weighted by molar-refractivity contribution is 7.09. The fourth-order valence-electron chi connectivity index (χ4n) is 3.75. The summed E-state index contributed by atoms with van der Waals surface area (Å²) in [6.45, 7) is 3.37. The molecule has 0 unspecified atom stereocenters. The van der Waals surface area contributed by atoms with E-state index in [4.69, 9.17) is 9.47 Å². The number of benzene rings is 1. The monoisotopic (exact) mass is 401 g/mol. The first kappa shape index (κ1) is 20.7. The summed E-state index contributed by atoms with van der Waals surface area (Å²) in [4.78, 5) is 8.12. The van der Waals surface area contributed by atoms with E-state index < -0.39 is 0 Å². The lowest BCUT2D eigenvalue weighted by molar-refractivity contribution is 0.0512. The van der Waals surface area contributed by atoms with Gasteiger partial charge in [-0.05, 0) is 48.4 Å². The summed E-state index contributed by atoms with van der Waals surface area (Å²) in [5, 5.41) is 5.76. The third kappa shape index (κ3) is 5.06. The summed E-state index contributed by atoms with van der Waals surface area (Å²) in [7, 11) is 5.66. The molecule has 0 radical (unpaired) electrons. The van der Waals surface area contributed by atoms with Gasteiger partial charge in [0, 0.05) is 50.7 Å². The van der Waals surface area contributed by atoms with E-state index in [0.29, 0.717) is 0 Å². The van der Waals surface area contributed by atoms with Gasteiger partial charge in [0.1, 0.15) is 5.75 Å². The Kier molecular flexibility index (Phi) is 7.34. The Balaban J connectivity index is 1.66. The number of hydrogen-bond acceptors (Lipinski definition) is 4. The molecule has 0 amide bonds. The van der Waals surface area contributed by atoms with Crippen molar-refractivity contribution in [2.24, 2.45) is 4.99 Å². The zero-order chi connectivity index (χ0) is 19.8. The molecule has 0 atom stereocenters. The van der Waals surface area contributed by atoms with Crippen LogP contribution in [0.15, 0.2) is 46.8 Å². The van der Waals surface area contributed by atoms with Crippen molar-refractivity contribution in [3.8, 4) is 5.75 Å². The zero-order valence-electron chi connectivity index (χ0n) is 17.1. The molecule has 0 aliphatic carbocycles. The standard InChI is InChI=1S/C22H31N3O2S/c1-23-21(25(2)13-10-20-5-4-16-28-20)24-17-22(11-14-27-15-12-22)18-6-8-19(26-3)9-7-18/h4-9,16H,10-15,17H2,1-3H3,(H,23,24). The Morgan fingerprint density at radius 2 is 2.00 bits per heavy atom. The number of thiophene rings is 1. The lowest BCUT2D eigenvalue weighted by Gasteiger charge is -2.39. The fourth-order valence-corrected chi connectivity index (χ4v) is 4.44. The number of nitrogens with zero attached hydrogens (tertiary/aromatic N) is 2. The molecule has 2 heterocycles. The van der Waals surface area contributed by atoms with Gasteiger partial charge >= 0.3 is 0 Å². The van der Waals surface area contributed by atoms with Gasteiger partial charge in [-0.25, -0.2) is 0 Å². The number of rotatable bonds is 7. The molecule has 0 spiro atoms. The number of likely N-dealkylation sites (N-methyl/N-ethyl adjacent to an activating group) is 1. The van der Waals surface area contributed by atoms with Gasteiger partial charge in [-0.15, -0.1) is 11.3 Å². The minimum Gasteiger partial charge on any atom is -0.497 e. The number of nitrogens with one attached hydrogen (secondary N) is 1. The fraction of sp³-hybridized carbons (Fsp3) is 0.500. The van der Waals surface area contributed by atoms with Crippen LogP contribution >= 0.6 is 11.3 Å². The van der Waals surface area contributed by atoms with E-state index in [9.17, 15) is 0 Å². The predicted molar refractivity (Wildman–Crippen MR) is 117 cm³/mol. The molecular formula is C22H31N3O2S. The largest absolute Gasteiger partial charge is 0.497 e. The average Bonchev–Trinajstić information content (AvgIpc) is 3.27. The van der Waals surface area contributed by atoms with Gasteiger partial charge < -0.3 is 19.7 Å². The van der Waals surface area contributed by atoms with Gasteiger partial charge in [0.2, 0.25) is 0 Å². The molecule has 2 aromatic rings. The van der Waals surface area contributed by atoms with Crippen molar-refractivity contribution in [2.45, 2.75) is 24.7 Å². The van der Waals surface area contributed by atoms with Crippen LogP contribution in [0, 0.1) is 0 Å². The van der Waals surface area contributed by atoms with Crippen LogP contribution in [-0.4, -0.2) is 58.4 Å². The maximum Gasteiger partial charge on any atom is 0.193 e. The molecule has 152 valence electrons. The lowest BCUT2D eigenvalue weighted by Crippen LogP contribution is -2.48. The lowest BCUT2D eigenvalue weighted by atomic mass is 9.74. The van der Waals surface area contributed by atoms with Crippen LogP contribution in [0.5, 0.6) is 5.75 Å². The second-order valence-corrected chi connectivity index (χ2v) is 8.31. The molecule has 1 N–H and O–H groups in total. The predicted octanol–water partition coefficient (Wildman–Crippen LogP) is 3.55.